The highest BCUT2D eigenvalue weighted by Crippen LogP contribution is 2.20. The molecule has 0 spiro atoms. The number of amides is 2. The molecular formula is C19H24ClN3OS. The molecule has 1 aliphatic rings. The number of nitrogens with zero attached hydrogens (tertiary/aromatic N) is 1. The molecule has 2 aromatic rings. The van der Waals surface area contributed by atoms with E-state index in [9.17, 15) is 4.79 Å². The number of likely N-dealkylation sites (tertiary alicyclic amines) is 1. The summed E-state index contributed by atoms with van der Waals surface area (Å²) in [6.07, 6.45) is 2.37. The van der Waals surface area contributed by atoms with Crippen LogP contribution in [-0.4, -0.2) is 30.6 Å². The summed E-state index contributed by atoms with van der Waals surface area (Å²) >= 11 is 7.77. The zero-order valence-electron chi connectivity index (χ0n) is 14.2. The number of nitrogens with one attached hydrogen (secondary N) is 2. The average molecular weight is 378 g/mol. The molecule has 2 N–H and O–H groups in total. The monoisotopic (exact) mass is 377 g/mol. The van der Waals surface area contributed by atoms with Crippen LogP contribution in [-0.2, 0) is 13.1 Å². The van der Waals surface area contributed by atoms with E-state index < -0.39 is 0 Å². The number of carbonyl (C=O) groups excluding carboxylic acids is 1. The van der Waals surface area contributed by atoms with Crippen LogP contribution in [0.4, 0.5) is 4.79 Å². The third-order valence-corrected chi connectivity index (χ3v) is 5.55. The predicted octanol–water partition coefficient (Wildman–Crippen LogP) is 4.11. The smallest absolute Gasteiger partial charge is 0.315 e. The lowest BCUT2D eigenvalue weighted by Gasteiger charge is -2.32. The Hall–Kier alpha value is -1.56. The minimum Gasteiger partial charge on any atom is -0.338 e. The van der Waals surface area contributed by atoms with Gasteiger partial charge in [-0.3, -0.25) is 4.90 Å². The summed E-state index contributed by atoms with van der Waals surface area (Å²) in [7, 11) is 0. The highest BCUT2D eigenvalue weighted by atomic mass is 35.5. The van der Waals surface area contributed by atoms with Gasteiger partial charge in [-0.25, -0.2) is 4.79 Å². The Kier molecular flexibility index (Phi) is 6.73. The second-order valence-corrected chi connectivity index (χ2v) is 7.98. The molecule has 1 fully saturated rings. The van der Waals surface area contributed by atoms with Crippen molar-refractivity contribution in [1.29, 1.82) is 0 Å². The number of hydrogen-bond donors (Lipinski definition) is 2. The summed E-state index contributed by atoms with van der Waals surface area (Å²) in [6.45, 7) is 4.43. The third kappa shape index (κ3) is 6.03. The van der Waals surface area contributed by atoms with E-state index in [1.807, 2.05) is 35.6 Å². The van der Waals surface area contributed by atoms with E-state index in [4.69, 9.17) is 11.6 Å². The molecule has 1 aromatic heterocycles. The number of carbonyl (C=O) groups is 1. The van der Waals surface area contributed by atoms with Gasteiger partial charge in [-0.05, 0) is 54.4 Å². The van der Waals surface area contributed by atoms with Gasteiger partial charge in [0.05, 0.1) is 0 Å². The molecule has 0 bridgehead atoms. The molecule has 4 nitrogen and oxygen atoms in total. The fraction of sp³-hybridized carbons (Fsp3) is 0.421. The molecule has 0 radical (unpaired) electrons. The van der Waals surface area contributed by atoms with Crippen molar-refractivity contribution in [3.8, 4) is 0 Å². The van der Waals surface area contributed by atoms with Gasteiger partial charge >= 0.3 is 6.03 Å². The van der Waals surface area contributed by atoms with Gasteiger partial charge in [0.2, 0.25) is 0 Å². The average Bonchev–Trinajstić information content (AvgIpc) is 3.11. The fourth-order valence-corrected chi connectivity index (χ4v) is 4.17. The molecule has 1 saturated heterocycles. The molecule has 1 aromatic carbocycles. The van der Waals surface area contributed by atoms with Gasteiger partial charge in [0, 0.05) is 36.1 Å². The van der Waals surface area contributed by atoms with E-state index in [0.29, 0.717) is 17.5 Å². The van der Waals surface area contributed by atoms with Crippen molar-refractivity contribution in [2.45, 2.75) is 25.9 Å². The van der Waals surface area contributed by atoms with Gasteiger partial charge in [0.15, 0.2) is 0 Å². The second-order valence-electron chi connectivity index (χ2n) is 6.52. The van der Waals surface area contributed by atoms with E-state index in [2.05, 4.69) is 33.0 Å². The molecule has 1 aliphatic heterocycles. The van der Waals surface area contributed by atoms with Crippen LogP contribution in [0.15, 0.2) is 41.8 Å². The highest BCUT2D eigenvalue weighted by molar-refractivity contribution is 7.09. The summed E-state index contributed by atoms with van der Waals surface area (Å²) in [5, 5.41) is 8.72. The fourth-order valence-electron chi connectivity index (χ4n) is 3.21. The predicted molar refractivity (Wildman–Crippen MR) is 104 cm³/mol. The standard InChI is InChI=1S/C19H24ClN3OS/c20-17-6-1-4-15(10-17)11-21-19(24)22-12-16-5-2-8-23(13-16)14-18-7-3-9-25-18/h1,3-4,6-7,9-10,16H,2,5,8,11-14H2,(H2,21,22,24). The minimum atomic E-state index is -0.115. The van der Waals surface area contributed by atoms with Crippen LogP contribution in [0.3, 0.4) is 0 Å². The maximum atomic E-state index is 12.0. The molecule has 1 unspecified atom stereocenters. The third-order valence-electron chi connectivity index (χ3n) is 4.46. The van der Waals surface area contributed by atoms with E-state index in [-0.39, 0.29) is 6.03 Å². The van der Waals surface area contributed by atoms with Crippen molar-refractivity contribution in [3.63, 3.8) is 0 Å². The molecule has 2 amide bonds. The van der Waals surface area contributed by atoms with Gasteiger partial charge in [-0.2, -0.15) is 0 Å². The Bertz CT molecular complexity index is 677. The number of halogens is 1. The number of piperidine rings is 1. The number of rotatable bonds is 6. The first-order valence-corrected chi connectivity index (χ1v) is 9.95. The van der Waals surface area contributed by atoms with E-state index >= 15 is 0 Å². The molecular weight excluding hydrogens is 354 g/mol. The first kappa shape index (κ1) is 18.2. The SMILES string of the molecule is O=C(NCc1cccc(Cl)c1)NCC1CCCN(Cc2cccs2)C1. The van der Waals surface area contributed by atoms with Crippen molar-refractivity contribution in [1.82, 2.24) is 15.5 Å². The Morgan fingerprint density at radius 2 is 2.20 bits per heavy atom. The van der Waals surface area contributed by atoms with Crippen LogP contribution < -0.4 is 10.6 Å². The number of hydrogen-bond acceptors (Lipinski definition) is 3. The summed E-state index contributed by atoms with van der Waals surface area (Å²) in [4.78, 5) is 15.9. The molecule has 0 aliphatic carbocycles. The summed E-state index contributed by atoms with van der Waals surface area (Å²) < 4.78 is 0. The molecule has 6 heteroatoms. The van der Waals surface area contributed by atoms with Crippen LogP contribution in [0, 0.1) is 5.92 Å². The van der Waals surface area contributed by atoms with Crippen molar-refractivity contribution < 1.29 is 4.79 Å². The molecule has 0 saturated carbocycles. The molecule has 2 heterocycles. The molecule has 1 atom stereocenters. The van der Waals surface area contributed by atoms with Crippen LogP contribution in [0.25, 0.3) is 0 Å². The largest absolute Gasteiger partial charge is 0.338 e. The zero-order valence-corrected chi connectivity index (χ0v) is 15.8. The van der Waals surface area contributed by atoms with Crippen LogP contribution >= 0.6 is 22.9 Å². The van der Waals surface area contributed by atoms with Crippen molar-refractivity contribution in [2.24, 2.45) is 5.92 Å². The van der Waals surface area contributed by atoms with Gasteiger partial charge in [0.1, 0.15) is 0 Å². The van der Waals surface area contributed by atoms with Crippen LogP contribution in [0.5, 0.6) is 0 Å². The minimum absolute atomic E-state index is 0.115. The summed E-state index contributed by atoms with van der Waals surface area (Å²) in [5.41, 5.74) is 1.00. The second kappa shape index (κ2) is 9.22. The Labute approximate surface area is 158 Å². The number of benzene rings is 1. The van der Waals surface area contributed by atoms with Crippen LogP contribution in [0.1, 0.15) is 23.3 Å². The van der Waals surface area contributed by atoms with Gasteiger partial charge in [-0.15, -0.1) is 11.3 Å². The van der Waals surface area contributed by atoms with E-state index in [0.717, 1.165) is 31.7 Å². The molecule has 134 valence electrons. The van der Waals surface area contributed by atoms with Crippen molar-refractivity contribution in [3.05, 3.63) is 57.2 Å². The number of thiophene rings is 1. The lowest BCUT2D eigenvalue weighted by Crippen LogP contribution is -2.43. The lowest BCUT2D eigenvalue weighted by atomic mass is 9.98. The van der Waals surface area contributed by atoms with Gasteiger partial charge in [-0.1, -0.05) is 29.8 Å². The van der Waals surface area contributed by atoms with Crippen molar-refractivity contribution >= 4 is 29.0 Å². The first-order valence-electron chi connectivity index (χ1n) is 8.70. The van der Waals surface area contributed by atoms with E-state index in [1.165, 1.54) is 17.7 Å². The first-order chi connectivity index (χ1) is 12.2. The molecule has 3 rings (SSSR count). The van der Waals surface area contributed by atoms with Crippen LogP contribution in [0.2, 0.25) is 5.02 Å². The maximum Gasteiger partial charge on any atom is 0.315 e. The Morgan fingerprint density at radius 1 is 1.28 bits per heavy atom. The van der Waals surface area contributed by atoms with Crippen molar-refractivity contribution in [2.75, 3.05) is 19.6 Å². The van der Waals surface area contributed by atoms with E-state index in [1.54, 1.807) is 0 Å². The van der Waals surface area contributed by atoms with Gasteiger partial charge in [0.25, 0.3) is 0 Å². The number of urea groups is 1. The lowest BCUT2D eigenvalue weighted by molar-refractivity contribution is 0.166. The summed E-state index contributed by atoms with van der Waals surface area (Å²) in [6, 6.07) is 11.7. The Morgan fingerprint density at radius 3 is 3.00 bits per heavy atom. The maximum absolute atomic E-state index is 12.0. The Balaban J connectivity index is 1.38. The quantitative estimate of drug-likeness (QED) is 0.795. The molecule has 25 heavy (non-hydrogen) atoms. The van der Waals surface area contributed by atoms with Gasteiger partial charge < -0.3 is 10.6 Å². The topological polar surface area (TPSA) is 44.4 Å². The highest BCUT2D eigenvalue weighted by Gasteiger charge is 2.20. The summed E-state index contributed by atoms with van der Waals surface area (Å²) in [5.74, 6) is 0.519. The normalized spacial score (nSPS) is 18.0. The zero-order chi connectivity index (χ0) is 17.5.